The number of hydrogen-bond acceptors (Lipinski definition) is 4. The normalized spacial score (nSPS) is 27.4. The zero-order valence-corrected chi connectivity index (χ0v) is 11.7. The number of nitrogens with two attached hydrogens (primary N) is 1. The molecule has 0 spiro atoms. The molecule has 1 aliphatic carbocycles. The summed E-state index contributed by atoms with van der Waals surface area (Å²) in [5, 5.41) is 0. The van der Waals surface area contributed by atoms with Crippen LogP contribution in [-0.4, -0.2) is 30.8 Å². The van der Waals surface area contributed by atoms with Crippen LogP contribution in [-0.2, 0) is 14.3 Å². The van der Waals surface area contributed by atoms with Gasteiger partial charge in [0.05, 0.1) is 12.7 Å². The van der Waals surface area contributed by atoms with Crippen LogP contribution in [0.3, 0.4) is 0 Å². The predicted molar refractivity (Wildman–Crippen MR) is 71.3 cm³/mol. The van der Waals surface area contributed by atoms with Gasteiger partial charge in [0, 0.05) is 13.0 Å². The first-order chi connectivity index (χ1) is 8.62. The van der Waals surface area contributed by atoms with E-state index in [2.05, 4.69) is 6.92 Å². The minimum absolute atomic E-state index is 0.126. The van der Waals surface area contributed by atoms with Crippen molar-refractivity contribution in [3.8, 4) is 0 Å². The van der Waals surface area contributed by atoms with Gasteiger partial charge in [-0.2, -0.15) is 0 Å². The van der Waals surface area contributed by atoms with Gasteiger partial charge in [-0.25, -0.2) is 0 Å². The third kappa shape index (κ3) is 4.58. The highest BCUT2D eigenvalue weighted by Crippen LogP contribution is 2.31. The molecule has 106 valence electrons. The molecule has 0 aromatic carbocycles. The Bertz CT molecular complexity index is 257. The summed E-state index contributed by atoms with van der Waals surface area (Å²) in [5.41, 5.74) is 5.26. The Balaban J connectivity index is 2.21. The van der Waals surface area contributed by atoms with Crippen molar-refractivity contribution in [2.45, 2.75) is 70.4 Å². The second-order valence-corrected chi connectivity index (χ2v) is 5.17. The van der Waals surface area contributed by atoms with Crippen molar-refractivity contribution in [2.75, 3.05) is 13.2 Å². The average Bonchev–Trinajstić information content (AvgIpc) is 2.73. The Kier molecular flexibility index (Phi) is 6.65. The topological polar surface area (TPSA) is 61.5 Å². The monoisotopic (exact) mass is 257 g/mol. The molecule has 0 amide bonds. The number of rotatable bonds is 8. The van der Waals surface area contributed by atoms with Gasteiger partial charge in [0.25, 0.3) is 0 Å². The number of carbonyl (C=O) groups excluding carboxylic acids is 1. The molecule has 0 saturated heterocycles. The quantitative estimate of drug-likeness (QED) is 0.536. The zero-order valence-electron chi connectivity index (χ0n) is 11.7. The minimum Gasteiger partial charge on any atom is -0.465 e. The summed E-state index contributed by atoms with van der Waals surface area (Å²) in [6, 6.07) is 0. The van der Waals surface area contributed by atoms with Crippen molar-refractivity contribution in [1.29, 1.82) is 0 Å². The summed E-state index contributed by atoms with van der Waals surface area (Å²) in [5.74, 6) is -0.276. The van der Waals surface area contributed by atoms with Crippen LogP contribution in [0.2, 0.25) is 0 Å². The van der Waals surface area contributed by atoms with Crippen molar-refractivity contribution >= 4 is 5.97 Å². The fraction of sp³-hybridized carbons (Fsp3) is 0.929. The zero-order chi connectivity index (χ0) is 13.4. The van der Waals surface area contributed by atoms with E-state index in [1.807, 2.05) is 0 Å². The van der Waals surface area contributed by atoms with Gasteiger partial charge in [0.15, 0.2) is 0 Å². The number of esters is 1. The van der Waals surface area contributed by atoms with E-state index >= 15 is 0 Å². The molecular weight excluding hydrogens is 230 g/mol. The second-order valence-electron chi connectivity index (χ2n) is 5.17. The standard InChI is InChI=1S/C14H27NO3/c1-3-5-6-7-10-18-12-8-9-14(15,11-12)13(16)17-4-2/h12H,3-11,15H2,1-2H3. The largest absolute Gasteiger partial charge is 0.465 e. The summed E-state index contributed by atoms with van der Waals surface area (Å²) < 4.78 is 10.8. The molecule has 1 aliphatic rings. The third-order valence-corrected chi connectivity index (χ3v) is 3.54. The average molecular weight is 257 g/mol. The van der Waals surface area contributed by atoms with E-state index in [0.29, 0.717) is 19.4 Å². The minimum atomic E-state index is -0.815. The highest BCUT2D eigenvalue weighted by molar-refractivity contribution is 5.81. The van der Waals surface area contributed by atoms with E-state index < -0.39 is 5.54 Å². The molecule has 0 bridgehead atoms. The molecule has 2 unspecified atom stereocenters. The maximum atomic E-state index is 11.7. The highest BCUT2D eigenvalue weighted by atomic mass is 16.5. The van der Waals surface area contributed by atoms with Crippen LogP contribution in [0.15, 0.2) is 0 Å². The molecule has 2 N–H and O–H groups in total. The molecule has 2 atom stereocenters. The Morgan fingerprint density at radius 3 is 2.78 bits per heavy atom. The van der Waals surface area contributed by atoms with Gasteiger partial charge >= 0.3 is 5.97 Å². The van der Waals surface area contributed by atoms with E-state index in [1.54, 1.807) is 6.92 Å². The molecule has 0 heterocycles. The predicted octanol–water partition coefficient (Wildman–Crippen LogP) is 2.40. The van der Waals surface area contributed by atoms with Gasteiger partial charge in [-0.3, -0.25) is 4.79 Å². The van der Waals surface area contributed by atoms with E-state index in [-0.39, 0.29) is 12.1 Å². The molecule has 0 radical (unpaired) electrons. The van der Waals surface area contributed by atoms with Crippen LogP contribution in [0.5, 0.6) is 0 Å². The first kappa shape index (κ1) is 15.4. The van der Waals surface area contributed by atoms with Crippen LogP contribution < -0.4 is 5.73 Å². The Morgan fingerprint density at radius 2 is 2.11 bits per heavy atom. The van der Waals surface area contributed by atoms with Crippen LogP contribution in [0.1, 0.15) is 58.8 Å². The molecule has 4 nitrogen and oxygen atoms in total. The lowest BCUT2D eigenvalue weighted by atomic mass is 9.99. The molecule has 0 aliphatic heterocycles. The summed E-state index contributed by atoms with van der Waals surface area (Å²) >= 11 is 0. The number of hydrogen-bond donors (Lipinski definition) is 1. The summed E-state index contributed by atoms with van der Waals surface area (Å²) in [6.07, 6.45) is 7.07. The molecule has 0 aromatic rings. The van der Waals surface area contributed by atoms with Crippen LogP contribution in [0.25, 0.3) is 0 Å². The van der Waals surface area contributed by atoms with Crippen molar-refractivity contribution in [3.63, 3.8) is 0 Å². The molecular formula is C14H27NO3. The van der Waals surface area contributed by atoms with Crippen molar-refractivity contribution in [1.82, 2.24) is 0 Å². The van der Waals surface area contributed by atoms with Crippen LogP contribution in [0, 0.1) is 0 Å². The smallest absolute Gasteiger partial charge is 0.326 e. The first-order valence-corrected chi connectivity index (χ1v) is 7.20. The Morgan fingerprint density at radius 1 is 1.33 bits per heavy atom. The number of unbranched alkanes of at least 4 members (excludes halogenated alkanes) is 3. The SMILES string of the molecule is CCCCCCOC1CCC(N)(C(=O)OCC)C1. The fourth-order valence-corrected chi connectivity index (χ4v) is 2.41. The lowest BCUT2D eigenvalue weighted by Gasteiger charge is -2.21. The first-order valence-electron chi connectivity index (χ1n) is 7.20. The number of ether oxygens (including phenoxy) is 2. The van der Waals surface area contributed by atoms with Gasteiger partial charge < -0.3 is 15.2 Å². The Labute approximate surface area is 110 Å². The molecule has 18 heavy (non-hydrogen) atoms. The lowest BCUT2D eigenvalue weighted by molar-refractivity contribution is -0.149. The van der Waals surface area contributed by atoms with Gasteiger partial charge in [-0.05, 0) is 26.2 Å². The second kappa shape index (κ2) is 7.74. The molecule has 1 saturated carbocycles. The van der Waals surface area contributed by atoms with E-state index in [9.17, 15) is 4.79 Å². The highest BCUT2D eigenvalue weighted by Gasteiger charge is 2.43. The third-order valence-electron chi connectivity index (χ3n) is 3.54. The maximum absolute atomic E-state index is 11.7. The van der Waals surface area contributed by atoms with E-state index in [0.717, 1.165) is 19.4 Å². The van der Waals surface area contributed by atoms with Crippen molar-refractivity contribution in [2.24, 2.45) is 5.73 Å². The van der Waals surface area contributed by atoms with Gasteiger partial charge in [-0.15, -0.1) is 0 Å². The summed E-state index contributed by atoms with van der Waals surface area (Å²) in [7, 11) is 0. The number of carbonyl (C=O) groups is 1. The Hall–Kier alpha value is -0.610. The maximum Gasteiger partial charge on any atom is 0.326 e. The van der Waals surface area contributed by atoms with Crippen molar-refractivity contribution < 1.29 is 14.3 Å². The molecule has 1 fully saturated rings. The van der Waals surface area contributed by atoms with E-state index in [4.69, 9.17) is 15.2 Å². The summed E-state index contributed by atoms with van der Waals surface area (Å²) in [4.78, 5) is 11.7. The molecule has 0 aromatic heterocycles. The van der Waals surface area contributed by atoms with Crippen LogP contribution >= 0.6 is 0 Å². The molecule has 4 heteroatoms. The van der Waals surface area contributed by atoms with Gasteiger partial charge in [0.2, 0.25) is 0 Å². The lowest BCUT2D eigenvalue weighted by Crippen LogP contribution is -2.47. The van der Waals surface area contributed by atoms with E-state index in [1.165, 1.54) is 19.3 Å². The van der Waals surface area contributed by atoms with Crippen LogP contribution in [0.4, 0.5) is 0 Å². The van der Waals surface area contributed by atoms with Gasteiger partial charge in [-0.1, -0.05) is 26.2 Å². The molecule has 1 rings (SSSR count). The van der Waals surface area contributed by atoms with Gasteiger partial charge in [0.1, 0.15) is 5.54 Å². The van der Waals surface area contributed by atoms with Crippen molar-refractivity contribution in [3.05, 3.63) is 0 Å². The summed E-state index contributed by atoms with van der Waals surface area (Å²) in [6.45, 7) is 5.17. The fourth-order valence-electron chi connectivity index (χ4n) is 2.41.